The molecule has 5 rings (SSSR count). The van der Waals surface area contributed by atoms with E-state index in [0.717, 1.165) is 45.4 Å². The minimum absolute atomic E-state index is 0.293. The molecule has 3 aliphatic rings. The predicted molar refractivity (Wildman–Crippen MR) is 119 cm³/mol. The number of hydrogen-bond donors (Lipinski definition) is 0. The molecule has 3 nitrogen and oxygen atoms in total. The first kappa shape index (κ1) is 19.3. The van der Waals surface area contributed by atoms with Crippen molar-refractivity contribution >= 4 is 17.2 Å². The summed E-state index contributed by atoms with van der Waals surface area (Å²) in [6, 6.07) is 11.5. The van der Waals surface area contributed by atoms with Crippen LogP contribution in [0.2, 0.25) is 0 Å². The van der Waals surface area contributed by atoms with Gasteiger partial charge in [0.25, 0.3) is 0 Å². The Morgan fingerprint density at radius 1 is 1.10 bits per heavy atom. The van der Waals surface area contributed by atoms with Crippen LogP contribution in [0.15, 0.2) is 41.1 Å². The molecule has 0 radical (unpaired) electrons. The average Bonchev–Trinajstić information content (AvgIpc) is 3.49. The van der Waals surface area contributed by atoms with Crippen molar-refractivity contribution in [1.82, 2.24) is 9.80 Å². The van der Waals surface area contributed by atoms with E-state index in [2.05, 4.69) is 57.8 Å². The van der Waals surface area contributed by atoms with Crippen molar-refractivity contribution in [2.45, 2.75) is 57.5 Å². The van der Waals surface area contributed by atoms with Gasteiger partial charge in [-0.05, 0) is 59.7 Å². The van der Waals surface area contributed by atoms with Gasteiger partial charge in [-0.15, -0.1) is 0 Å². The van der Waals surface area contributed by atoms with Crippen molar-refractivity contribution in [3.05, 3.63) is 57.8 Å². The van der Waals surface area contributed by atoms with E-state index in [9.17, 15) is 4.79 Å². The third-order valence-corrected chi connectivity index (χ3v) is 8.33. The van der Waals surface area contributed by atoms with Crippen LogP contribution in [0.4, 0.5) is 0 Å². The minimum Gasteiger partial charge on any atom is -0.338 e. The predicted octanol–water partition coefficient (Wildman–Crippen LogP) is 5.06. The van der Waals surface area contributed by atoms with E-state index in [1.165, 1.54) is 29.5 Å². The third kappa shape index (κ3) is 3.77. The second-order valence-corrected chi connectivity index (χ2v) is 10.1. The molecule has 0 unspecified atom stereocenters. The van der Waals surface area contributed by atoms with Crippen LogP contribution in [-0.4, -0.2) is 41.4 Å². The van der Waals surface area contributed by atoms with Crippen molar-refractivity contribution in [1.29, 1.82) is 0 Å². The smallest absolute Gasteiger partial charge is 0.225 e. The van der Waals surface area contributed by atoms with Crippen LogP contribution in [0, 0.1) is 18.8 Å². The highest BCUT2D eigenvalue weighted by molar-refractivity contribution is 7.08. The Hall–Kier alpha value is -1.65. The van der Waals surface area contributed by atoms with E-state index < -0.39 is 0 Å². The SMILES string of the molecule is Cc1ccccc1CN1CC[C@H]2[C@@H](C1)[C@H](c1ccsc1)CN2C(=O)C1CCCC1. The van der Waals surface area contributed by atoms with Gasteiger partial charge in [0.05, 0.1) is 0 Å². The molecular formula is C25H32N2OS. The molecule has 2 aliphatic heterocycles. The molecule has 1 aromatic carbocycles. The maximum Gasteiger partial charge on any atom is 0.225 e. The topological polar surface area (TPSA) is 23.6 Å². The molecular weight excluding hydrogens is 376 g/mol. The first-order valence-electron chi connectivity index (χ1n) is 11.3. The van der Waals surface area contributed by atoms with Gasteiger partial charge in [-0.2, -0.15) is 11.3 Å². The number of thiophene rings is 1. The van der Waals surface area contributed by atoms with Crippen LogP contribution < -0.4 is 0 Å². The summed E-state index contributed by atoms with van der Waals surface area (Å²) >= 11 is 1.79. The molecule has 154 valence electrons. The van der Waals surface area contributed by atoms with Crippen LogP contribution >= 0.6 is 11.3 Å². The highest BCUT2D eigenvalue weighted by Gasteiger charge is 2.48. The lowest BCUT2D eigenvalue weighted by Crippen LogP contribution is -2.48. The van der Waals surface area contributed by atoms with Crippen LogP contribution in [0.25, 0.3) is 0 Å². The molecule has 3 fully saturated rings. The molecule has 1 aliphatic carbocycles. The number of fused-ring (bicyclic) bond motifs is 1. The fourth-order valence-corrected chi connectivity index (χ4v) is 6.70. The van der Waals surface area contributed by atoms with Gasteiger partial charge in [-0.1, -0.05) is 37.1 Å². The average molecular weight is 409 g/mol. The van der Waals surface area contributed by atoms with Gasteiger partial charge in [0.15, 0.2) is 0 Å². The molecule has 2 saturated heterocycles. The lowest BCUT2D eigenvalue weighted by atomic mass is 9.82. The molecule has 3 heterocycles. The largest absolute Gasteiger partial charge is 0.338 e. The number of rotatable bonds is 4. The summed E-state index contributed by atoms with van der Waals surface area (Å²) in [5, 5.41) is 4.51. The van der Waals surface area contributed by atoms with Gasteiger partial charge in [-0.3, -0.25) is 9.69 Å². The van der Waals surface area contributed by atoms with E-state index >= 15 is 0 Å². The van der Waals surface area contributed by atoms with E-state index in [1.807, 2.05) is 0 Å². The van der Waals surface area contributed by atoms with Gasteiger partial charge < -0.3 is 4.90 Å². The highest BCUT2D eigenvalue weighted by Crippen LogP contribution is 2.44. The molecule has 29 heavy (non-hydrogen) atoms. The Bertz CT molecular complexity index is 842. The van der Waals surface area contributed by atoms with Gasteiger partial charge in [0.2, 0.25) is 5.91 Å². The van der Waals surface area contributed by atoms with Gasteiger partial charge >= 0.3 is 0 Å². The van der Waals surface area contributed by atoms with E-state index in [4.69, 9.17) is 0 Å². The first-order valence-corrected chi connectivity index (χ1v) is 12.2. The Kier molecular flexibility index (Phi) is 5.49. The number of carbonyl (C=O) groups excluding carboxylic acids is 1. The second-order valence-electron chi connectivity index (χ2n) is 9.32. The lowest BCUT2D eigenvalue weighted by molar-refractivity contribution is -0.137. The van der Waals surface area contributed by atoms with E-state index in [-0.39, 0.29) is 0 Å². The number of carbonyl (C=O) groups is 1. The van der Waals surface area contributed by atoms with Crippen LogP contribution in [0.3, 0.4) is 0 Å². The fourth-order valence-electron chi connectivity index (χ4n) is 5.98. The maximum atomic E-state index is 13.3. The lowest BCUT2D eigenvalue weighted by Gasteiger charge is -2.39. The fraction of sp³-hybridized carbons (Fsp3) is 0.560. The summed E-state index contributed by atoms with van der Waals surface area (Å²) in [6.45, 7) is 6.38. The molecule has 1 amide bonds. The first-order chi connectivity index (χ1) is 14.2. The zero-order valence-corrected chi connectivity index (χ0v) is 18.2. The number of hydrogen-bond acceptors (Lipinski definition) is 3. The number of amides is 1. The highest BCUT2D eigenvalue weighted by atomic mass is 32.1. The summed E-state index contributed by atoms with van der Waals surface area (Å²) in [5.41, 5.74) is 4.27. The minimum atomic E-state index is 0.293. The molecule has 1 aromatic heterocycles. The van der Waals surface area contributed by atoms with Crippen molar-refractivity contribution in [3.63, 3.8) is 0 Å². The monoisotopic (exact) mass is 408 g/mol. The number of piperidine rings is 1. The number of aryl methyl sites for hydroxylation is 1. The summed E-state index contributed by atoms with van der Waals surface area (Å²) < 4.78 is 0. The zero-order chi connectivity index (χ0) is 19.8. The molecule has 1 saturated carbocycles. The number of benzene rings is 1. The van der Waals surface area contributed by atoms with Crippen molar-refractivity contribution in [3.8, 4) is 0 Å². The number of likely N-dealkylation sites (tertiary alicyclic amines) is 2. The standard InChI is InChI=1S/C25H32N2OS/c1-18-6-2-3-9-20(18)14-26-12-10-24-23(15-26)22(21-11-13-29-17-21)16-27(24)25(28)19-7-4-5-8-19/h2-3,6,9,11,13,17,19,22-24H,4-5,7-8,10,12,14-16H2,1H3/t22-,23-,24-/m0/s1. The van der Waals surface area contributed by atoms with Gasteiger partial charge in [0, 0.05) is 50.0 Å². The Balaban J connectivity index is 1.36. The van der Waals surface area contributed by atoms with Crippen LogP contribution in [0.1, 0.15) is 54.7 Å². The summed E-state index contributed by atoms with van der Waals surface area (Å²) in [7, 11) is 0. The van der Waals surface area contributed by atoms with Crippen molar-refractivity contribution in [2.75, 3.05) is 19.6 Å². The van der Waals surface area contributed by atoms with Crippen molar-refractivity contribution in [2.24, 2.45) is 11.8 Å². The Labute approximate surface area is 178 Å². The Morgan fingerprint density at radius 2 is 1.93 bits per heavy atom. The maximum absolute atomic E-state index is 13.3. The molecule has 4 heteroatoms. The molecule has 0 bridgehead atoms. The van der Waals surface area contributed by atoms with Crippen LogP contribution in [0.5, 0.6) is 0 Å². The molecule has 0 spiro atoms. The quantitative estimate of drug-likeness (QED) is 0.706. The van der Waals surface area contributed by atoms with E-state index in [1.54, 1.807) is 11.3 Å². The molecule has 2 aromatic rings. The third-order valence-electron chi connectivity index (χ3n) is 7.63. The molecule has 0 N–H and O–H groups in total. The van der Waals surface area contributed by atoms with Crippen LogP contribution in [-0.2, 0) is 11.3 Å². The normalized spacial score (nSPS) is 28.0. The number of nitrogens with zero attached hydrogens (tertiary/aromatic N) is 2. The van der Waals surface area contributed by atoms with Gasteiger partial charge in [-0.25, -0.2) is 0 Å². The summed E-state index contributed by atoms with van der Waals surface area (Å²) in [6.07, 6.45) is 5.80. The second kappa shape index (κ2) is 8.23. The van der Waals surface area contributed by atoms with Crippen molar-refractivity contribution < 1.29 is 4.79 Å². The summed E-state index contributed by atoms with van der Waals surface area (Å²) in [5.74, 6) is 1.81. The zero-order valence-electron chi connectivity index (χ0n) is 17.4. The molecule has 3 atom stereocenters. The summed E-state index contributed by atoms with van der Waals surface area (Å²) in [4.78, 5) is 18.3. The van der Waals surface area contributed by atoms with Gasteiger partial charge in [0.1, 0.15) is 0 Å². The Morgan fingerprint density at radius 3 is 2.69 bits per heavy atom. The van der Waals surface area contributed by atoms with E-state index in [0.29, 0.717) is 29.7 Å².